The van der Waals surface area contributed by atoms with E-state index in [2.05, 4.69) is 4.74 Å². The predicted octanol–water partition coefficient (Wildman–Crippen LogP) is -3.48. The number of aliphatic carboxylic acids is 1. The first-order valence-corrected chi connectivity index (χ1v) is 6.15. The van der Waals surface area contributed by atoms with Crippen LogP contribution in [0.4, 0.5) is 0 Å². The first kappa shape index (κ1) is 17.8. The van der Waals surface area contributed by atoms with Gasteiger partial charge >= 0.3 is 11.9 Å². The molecule has 1 saturated heterocycles. The highest BCUT2D eigenvalue weighted by atomic mass is 16.7. The summed E-state index contributed by atoms with van der Waals surface area (Å²) in [5.41, 5.74) is 5.58. The number of carbonyl (C=O) groups excluding carboxylic acids is 1. The maximum atomic E-state index is 10.9. The van der Waals surface area contributed by atoms with E-state index in [1.54, 1.807) is 0 Å². The van der Waals surface area contributed by atoms with Crippen molar-refractivity contribution in [2.24, 2.45) is 5.73 Å². The summed E-state index contributed by atoms with van der Waals surface area (Å²) >= 11 is 0. The lowest BCUT2D eigenvalue weighted by Crippen LogP contribution is -2.65. The molecule has 21 heavy (non-hydrogen) atoms. The second-order valence-corrected chi connectivity index (χ2v) is 4.88. The average Bonchev–Trinajstić information content (AvgIpc) is 2.39. The maximum absolute atomic E-state index is 10.9. The second-order valence-electron chi connectivity index (χ2n) is 4.88. The fourth-order valence-electron chi connectivity index (χ4n) is 1.95. The molecule has 1 heterocycles. The summed E-state index contributed by atoms with van der Waals surface area (Å²) in [5, 5.41) is 47.8. The quantitative estimate of drug-likeness (QED) is 0.279. The van der Waals surface area contributed by atoms with Crippen LogP contribution < -0.4 is 5.73 Å². The Labute approximate surface area is 119 Å². The van der Waals surface area contributed by atoms with Crippen molar-refractivity contribution in [2.75, 3.05) is 6.61 Å². The topological polar surface area (TPSA) is 180 Å². The largest absolute Gasteiger partial charge is 0.477 e. The number of hydrogen-bond donors (Lipinski definition) is 6. The minimum absolute atomic E-state index is 0.579. The highest BCUT2D eigenvalue weighted by Gasteiger charge is 2.52. The Hall–Kier alpha value is -1.30. The fraction of sp³-hybridized carbons (Fsp3) is 0.818. The molecule has 122 valence electrons. The Morgan fingerprint density at radius 3 is 2.52 bits per heavy atom. The third kappa shape index (κ3) is 4.09. The lowest BCUT2D eigenvalue weighted by molar-refractivity contribution is -0.292. The van der Waals surface area contributed by atoms with Gasteiger partial charge in [0.15, 0.2) is 0 Å². The zero-order chi connectivity index (χ0) is 16.4. The number of nitrogens with two attached hydrogens (primary N) is 1. The smallest absolute Gasteiger partial charge is 0.364 e. The van der Waals surface area contributed by atoms with E-state index in [1.165, 1.54) is 0 Å². The summed E-state index contributed by atoms with van der Waals surface area (Å²) in [7, 11) is 0. The number of esters is 1. The normalized spacial score (nSPS) is 35.8. The van der Waals surface area contributed by atoms with Crippen molar-refractivity contribution >= 4 is 11.9 Å². The molecular weight excluding hydrogens is 290 g/mol. The standard InChI is InChI=1S/C11H19NO9/c1-4(13)20-3-6(15)8(16)9-7(12)5(14)2-11(19,21-9)10(17)18/h5-9,14-16,19H,2-3,12H2,1H3,(H,17,18)/t5-,6?,7+,8?,9+,11?/m0/s1. The van der Waals surface area contributed by atoms with Crippen molar-refractivity contribution in [1.82, 2.24) is 0 Å². The highest BCUT2D eigenvalue weighted by Crippen LogP contribution is 2.29. The molecule has 6 atom stereocenters. The molecule has 3 unspecified atom stereocenters. The van der Waals surface area contributed by atoms with E-state index in [1.807, 2.05) is 0 Å². The van der Waals surface area contributed by atoms with Gasteiger partial charge in [0.25, 0.3) is 5.79 Å². The van der Waals surface area contributed by atoms with Crippen LogP contribution in [0.3, 0.4) is 0 Å². The second kappa shape index (κ2) is 6.64. The van der Waals surface area contributed by atoms with Crippen LogP contribution in [0.5, 0.6) is 0 Å². The van der Waals surface area contributed by atoms with Gasteiger partial charge in [0.05, 0.1) is 12.1 Å². The monoisotopic (exact) mass is 309 g/mol. The van der Waals surface area contributed by atoms with E-state index in [9.17, 15) is 30.0 Å². The van der Waals surface area contributed by atoms with Gasteiger partial charge in [-0.05, 0) is 0 Å². The number of carbonyl (C=O) groups is 2. The molecule has 10 nitrogen and oxygen atoms in total. The summed E-state index contributed by atoms with van der Waals surface area (Å²) in [6.45, 7) is 0.513. The van der Waals surface area contributed by atoms with Gasteiger partial charge in [0.1, 0.15) is 24.9 Å². The first-order valence-electron chi connectivity index (χ1n) is 6.15. The molecule has 0 aromatic carbocycles. The minimum Gasteiger partial charge on any atom is -0.477 e. The summed E-state index contributed by atoms with van der Waals surface area (Å²) in [6.07, 6.45) is -7.14. The molecule has 1 rings (SSSR count). The highest BCUT2D eigenvalue weighted by molar-refractivity contribution is 5.75. The lowest BCUT2D eigenvalue weighted by atomic mass is 9.89. The van der Waals surface area contributed by atoms with E-state index in [0.717, 1.165) is 6.92 Å². The maximum Gasteiger partial charge on any atom is 0.364 e. The van der Waals surface area contributed by atoms with Gasteiger partial charge in [-0.25, -0.2) is 4.79 Å². The number of hydrogen-bond acceptors (Lipinski definition) is 9. The summed E-state index contributed by atoms with van der Waals surface area (Å²) in [5.74, 6) is -5.19. The van der Waals surface area contributed by atoms with E-state index < -0.39 is 61.2 Å². The van der Waals surface area contributed by atoms with Gasteiger partial charge < -0.3 is 40.7 Å². The molecule has 1 aliphatic rings. The van der Waals surface area contributed by atoms with Crippen LogP contribution in [0.25, 0.3) is 0 Å². The molecule has 0 saturated carbocycles. The van der Waals surface area contributed by atoms with Crippen molar-refractivity contribution in [3.8, 4) is 0 Å². The van der Waals surface area contributed by atoms with E-state index >= 15 is 0 Å². The Kier molecular flexibility index (Phi) is 5.61. The zero-order valence-corrected chi connectivity index (χ0v) is 11.2. The SMILES string of the molecule is CC(=O)OCC(O)C(O)[C@@H]1OC(O)(C(=O)O)C[C@H](O)[C@H]1N. The van der Waals surface area contributed by atoms with Crippen LogP contribution >= 0.6 is 0 Å². The van der Waals surface area contributed by atoms with Gasteiger partial charge in [-0.2, -0.15) is 0 Å². The Bertz CT molecular complexity index is 403. The van der Waals surface area contributed by atoms with Crippen LogP contribution in [-0.4, -0.2) is 80.3 Å². The molecule has 0 amide bonds. The third-order valence-corrected chi connectivity index (χ3v) is 3.16. The van der Waals surface area contributed by atoms with Crippen LogP contribution in [0.2, 0.25) is 0 Å². The van der Waals surface area contributed by atoms with E-state index in [0.29, 0.717) is 0 Å². The number of aliphatic hydroxyl groups excluding tert-OH is 3. The molecule has 0 aromatic rings. The van der Waals surface area contributed by atoms with Crippen LogP contribution in [0, 0.1) is 0 Å². The number of carboxylic acids is 1. The first-order chi connectivity index (χ1) is 9.58. The minimum atomic E-state index is -2.73. The Morgan fingerprint density at radius 2 is 2.05 bits per heavy atom. The van der Waals surface area contributed by atoms with Gasteiger partial charge in [-0.1, -0.05) is 0 Å². The molecule has 0 spiro atoms. The molecule has 0 bridgehead atoms. The van der Waals surface area contributed by atoms with Crippen molar-refractivity contribution in [3.63, 3.8) is 0 Å². The molecule has 0 radical (unpaired) electrons. The van der Waals surface area contributed by atoms with Crippen LogP contribution in [0.15, 0.2) is 0 Å². The molecule has 1 aliphatic heterocycles. The zero-order valence-electron chi connectivity index (χ0n) is 11.2. The number of aliphatic hydroxyl groups is 4. The van der Waals surface area contributed by atoms with Crippen molar-refractivity contribution in [2.45, 2.75) is 49.6 Å². The van der Waals surface area contributed by atoms with Crippen LogP contribution in [0.1, 0.15) is 13.3 Å². The van der Waals surface area contributed by atoms with E-state index in [-0.39, 0.29) is 0 Å². The van der Waals surface area contributed by atoms with Crippen molar-refractivity contribution in [1.29, 1.82) is 0 Å². The van der Waals surface area contributed by atoms with Crippen LogP contribution in [-0.2, 0) is 19.1 Å². The van der Waals surface area contributed by atoms with Crippen molar-refractivity contribution < 1.29 is 44.6 Å². The predicted molar refractivity (Wildman–Crippen MR) is 64.7 cm³/mol. The van der Waals surface area contributed by atoms with E-state index in [4.69, 9.17) is 15.6 Å². The summed E-state index contributed by atoms with van der Waals surface area (Å²) in [6, 6.07) is -1.24. The molecule has 10 heteroatoms. The van der Waals surface area contributed by atoms with Gasteiger partial charge in [-0.15, -0.1) is 0 Å². The fourth-order valence-corrected chi connectivity index (χ4v) is 1.95. The Balaban J connectivity index is 2.82. The summed E-state index contributed by atoms with van der Waals surface area (Å²) < 4.78 is 9.32. The van der Waals surface area contributed by atoms with Crippen molar-refractivity contribution in [3.05, 3.63) is 0 Å². The van der Waals surface area contributed by atoms with Gasteiger partial charge in [0.2, 0.25) is 0 Å². The summed E-state index contributed by atoms with van der Waals surface area (Å²) in [4.78, 5) is 21.6. The molecule has 0 aromatic heterocycles. The van der Waals surface area contributed by atoms with Gasteiger partial charge in [0, 0.05) is 13.3 Å². The number of rotatable bonds is 5. The average molecular weight is 309 g/mol. The molecular formula is C11H19NO9. The molecule has 0 aliphatic carbocycles. The molecule has 7 N–H and O–H groups in total. The Morgan fingerprint density at radius 1 is 1.48 bits per heavy atom. The van der Waals surface area contributed by atoms with Gasteiger partial charge in [-0.3, -0.25) is 4.79 Å². The number of carboxylic acid groups (broad SMARTS) is 1. The number of ether oxygens (including phenoxy) is 2. The lowest BCUT2D eigenvalue weighted by Gasteiger charge is -2.43. The molecule has 1 fully saturated rings. The third-order valence-electron chi connectivity index (χ3n) is 3.16.